The third kappa shape index (κ3) is 4.38. The van der Waals surface area contributed by atoms with Crippen LogP contribution in [-0.4, -0.2) is 27.4 Å². The first-order chi connectivity index (χ1) is 14.3. The Balaban J connectivity index is 1.38. The number of anilines is 1. The van der Waals surface area contributed by atoms with Crippen LogP contribution in [0.25, 0.3) is 5.65 Å². The summed E-state index contributed by atoms with van der Waals surface area (Å²) in [4.78, 5) is 16.1. The summed E-state index contributed by atoms with van der Waals surface area (Å²) in [6, 6.07) is 12.0. The van der Waals surface area contributed by atoms with E-state index in [1.54, 1.807) is 42.5 Å². The lowest BCUT2D eigenvalue weighted by atomic mass is 9.91. The largest absolute Gasteiger partial charge is 0.434 e. The van der Waals surface area contributed by atoms with Gasteiger partial charge in [0.25, 0.3) is 5.91 Å². The topological polar surface area (TPSA) is 58.4 Å². The summed E-state index contributed by atoms with van der Waals surface area (Å²) in [6.07, 6.45) is -0.382. The van der Waals surface area contributed by atoms with Crippen molar-refractivity contribution in [2.75, 3.05) is 5.32 Å². The second-order valence-corrected chi connectivity index (χ2v) is 7.82. The van der Waals surface area contributed by atoms with Crippen LogP contribution >= 0.6 is 11.6 Å². The number of halogens is 4. The van der Waals surface area contributed by atoms with Crippen molar-refractivity contribution in [2.45, 2.75) is 43.9 Å². The molecular weight excluding hydrogens is 417 g/mol. The van der Waals surface area contributed by atoms with Gasteiger partial charge in [0, 0.05) is 18.3 Å². The number of nitrogens with one attached hydrogen (secondary N) is 2. The van der Waals surface area contributed by atoms with Crippen LogP contribution in [0.15, 0.2) is 48.7 Å². The molecule has 158 valence electrons. The number of amides is 1. The Morgan fingerprint density at radius 3 is 2.43 bits per heavy atom. The number of hydrogen-bond donors (Lipinski definition) is 2. The van der Waals surface area contributed by atoms with Gasteiger partial charge in [-0.2, -0.15) is 13.2 Å². The SMILES string of the molecule is O=C(NC1CCC(Nc2cccc3nc(C(F)(F)F)cn23)CC1)c1ccccc1Cl. The minimum absolute atomic E-state index is 0.0349. The first kappa shape index (κ1) is 20.5. The Bertz CT molecular complexity index is 1060. The molecule has 1 fully saturated rings. The third-order valence-corrected chi connectivity index (χ3v) is 5.65. The van der Waals surface area contributed by atoms with Crippen molar-refractivity contribution in [3.63, 3.8) is 0 Å². The summed E-state index contributed by atoms with van der Waals surface area (Å²) in [5, 5.41) is 6.76. The lowest BCUT2D eigenvalue weighted by Gasteiger charge is -2.30. The van der Waals surface area contributed by atoms with Gasteiger partial charge < -0.3 is 10.6 Å². The predicted octanol–water partition coefficient (Wildman–Crippen LogP) is 5.16. The summed E-state index contributed by atoms with van der Waals surface area (Å²) in [5.41, 5.74) is -0.220. The quantitative estimate of drug-likeness (QED) is 0.594. The maximum atomic E-state index is 13.0. The molecule has 0 aliphatic heterocycles. The van der Waals surface area contributed by atoms with E-state index in [2.05, 4.69) is 15.6 Å². The monoisotopic (exact) mass is 436 g/mol. The fraction of sp³-hybridized carbons (Fsp3) is 0.333. The molecular formula is C21H20ClF3N4O. The smallest absolute Gasteiger partial charge is 0.368 e. The van der Waals surface area contributed by atoms with E-state index in [4.69, 9.17) is 11.6 Å². The van der Waals surface area contributed by atoms with Crippen LogP contribution in [0.2, 0.25) is 5.02 Å². The van der Waals surface area contributed by atoms with Crippen molar-refractivity contribution in [3.05, 3.63) is 64.9 Å². The molecule has 3 aromatic rings. The number of fused-ring (bicyclic) bond motifs is 1. The molecule has 2 N–H and O–H groups in total. The molecule has 0 bridgehead atoms. The van der Waals surface area contributed by atoms with E-state index in [9.17, 15) is 18.0 Å². The number of aromatic nitrogens is 2. The Labute approximate surface area is 176 Å². The van der Waals surface area contributed by atoms with Gasteiger partial charge in [0.15, 0.2) is 5.69 Å². The van der Waals surface area contributed by atoms with E-state index in [-0.39, 0.29) is 23.6 Å². The first-order valence-electron chi connectivity index (χ1n) is 9.68. The fourth-order valence-corrected chi connectivity index (χ4v) is 3.99. The average molecular weight is 437 g/mol. The van der Waals surface area contributed by atoms with Crippen molar-refractivity contribution in [3.8, 4) is 0 Å². The molecule has 2 aromatic heterocycles. The summed E-state index contributed by atoms with van der Waals surface area (Å²) < 4.78 is 40.3. The number of carbonyl (C=O) groups is 1. The molecule has 0 atom stereocenters. The first-order valence-corrected chi connectivity index (χ1v) is 10.1. The van der Waals surface area contributed by atoms with Crippen molar-refractivity contribution in [1.82, 2.24) is 14.7 Å². The van der Waals surface area contributed by atoms with Gasteiger partial charge in [-0.15, -0.1) is 0 Å². The van der Waals surface area contributed by atoms with E-state index in [1.807, 2.05) is 0 Å². The molecule has 0 spiro atoms. The standard InChI is InChI=1S/C21H20ClF3N4O/c22-16-5-2-1-4-15(16)20(30)27-14-10-8-13(9-11-14)26-18-6-3-7-19-28-17(12-29(18)19)21(23,24)25/h1-7,12-14,26H,8-11H2,(H,27,30). The molecule has 1 aromatic carbocycles. The van der Waals surface area contributed by atoms with Gasteiger partial charge in [0.05, 0.1) is 10.6 Å². The molecule has 0 saturated heterocycles. The highest BCUT2D eigenvalue weighted by Crippen LogP contribution is 2.30. The molecule has 1 saturated carbocycles. The zero-order chi connectivity index (χ0) is 21.3. The number of alkyl halides is 3. The van der Waals surface area contributed by atoms with Gasteiger partial charge in [-0.25, -0.2) is 4.98 Å². The average Bonchev–Trinajstić information content (AvgIpc) is 3.16. The molecule has 1 amide bonds. The molecule has 30 heavy (non-hydrogen) atoms. The zero-order valence-electron chi connectivity index (χ0n) is 15.9. The highest BCUT2D eigenvalue weighted by Gasteiger charge is 2.34. The number of carbonyl (C=O) groups excluding carboxylic acids is 1. The lowest BCUT2D eigenvalue weighted by Crippen LogP contribution is -2.40. The Morgan fingerprint density at radius 2 is 1.73 bits per heavy atom. The van der Waals surface area contributed by atoms with Gasteiger partial charge >= 0.3 is 6.18 Å². The fourth-order valence-electron chi connectivity index (χ4n) is 3.76. The van der Waals surface area contributed by atoms with Crippen LogP contribution in [0.4, 0.5) is 19.0 Å². The third-order valence-electron chi connectivity index (χ3n) is 5.32. The van der Waals surface area contributed by atoms with Crippen molar-refractivity contribution >= 4 is 29.0 Å². The summed E-state index contributed by atoms with van der Waals surface area (Å²) >= 11 is 6.08. The van der Waals surface area contributed by atoms with Gasteiger partial charge in [-0.3, -0.25) is 9.20 Å². The highest BCUT2D eigenvalue weighted by atomic mass is 35.5. The van der Waals surface area contributed by atoms with Crippen molar-refractivity contribution in [2.24, 2.45) is 0 Å². The molecule has 1 aliphatic carbocycles. The van der Waals surface area contributed by atoms with Gasteiger partial charge in [0.2, 0.25) is 0 Å². The van der Waals surface area contributed by atoms with E-state index < -0.39 is 11.9 Å². The second kappa shape index (κ2) is 8.18. The minimum Gasteiger partial charge on any atom is -0.368 e. The molecule has 1 aliphatic rings. The Kier molecular flexibility index (Phi) is 5.60. The number of rotatable bonds is 4. The predicted molar refractivity (Wildman–Crippen MR) is 109 cm³/mol. The number of imidazole rings is 1. The van der Waals surface area contributed by atoms with Gasteiger partial charge in [-0.1, -0.05) is 29.8 Å². The van der Waals surface area contributed by atoms with E-state index in [0.29, 0.717) is 16.4 Å². The van der Waals surface area contributed by atoms with Crippen LogP contribution in [0.5, 0.6) is 0 Å². The summed E-state index contributed by atoms with van der Waals surface area (Å²) in [6.45, 7) is 0. The van der Waals surface area contributed by atoms with E-state index in [0.717, 1.165) is 31.9 Å². The van der Waals surface area contributed by atoms with Crippen LogP contribution in [0, 0.1) is 0 Å². The number of hydrogen-bond acceptors (Lipinski definition) is 3. The second-order valence-electron chi connectivity index (χ2n) is 7.41. The van der Waals surface area contributed by atoms with Crippen LogP contribution in [0.1, 0.15) is 41.7 Å². The molecule has 9 heteroatoms. The maximum Gasteiger partial charge on any atom is 0.434 e. The Hall–Kier alpha value is -2.74. The molecule has 0 unspecified atom stereocenters. The van der Waals surface area contributed by atoms with Crippen LogP contribution < -0.4 is 10.6 Å². The summed E-state index contributed by atoms with van der Waals surface area (Å²) in [7, 11) is 0. The van der Waals surface area contributed by atoms with Gasteiger partial charge in [-0.05, 0) is 49.9 Å². The minimum atomic E-state index is -4.48. The summed E-state index contributed by atoms with van der Waals surface area (Å²) in [5.74, 6) is 0.374. The lowest BCUT2D eigenvalue weighted by molar-refractivity contribution is -0.140. The Morgan fingerprint density at radius 1 is 1.03 bits per heavy atom. The molecule has 4 rings (SSSR count). The number of pyridine rings is 1. The van der Waals surface area contributed by atoms with Crippen LogP contribution in [0.3, 0.4) is 0 Å². The van der Waals surface area contributed by atoms with E-state index >= 15 is 0 Å². The van der Waals surface area contributed by atoms with Gasteiger partial charge in [0.1, 0.15) is 11.5 Å². The molecule has 0 radical (unpaired) electrons. The highest BCUT2D eigenvalue weighted by molar-refractivity contribution is 6.33. The van der Waals surface area contributed by atoms with E-state index in [1.165, 1.54) is 4.40 Å². The normalized spacial score (nSPS) is 19.6. The van der Waals surface area contributed by atoms with Crippen molar-refractivity contribution in [1.29, 1.82) is 0 Å². The van der Waals surface area contributed by atoms with Crippen molar-refractivity contribution < 1.29 is 18.0 Å². The number of nitrogens with zero attached hydrogens (tertiary/aromatic N) is 2. The maximum absolute atomic E-state index is 13.0. The molecule has 5 nitrogen and oxygen atoms in total. The zero-order valence-corrected chi connectivity index (χ0v) is 16.7. The number of benzene rings is 1. The molecule has 2 heterocycles. The van der Waals surface area contributed by atoms with Crippen LogP contribution in [-0.2, 0) is 6.18 Å².